The first-order valence-corrected chi connectivity index (χ1v) is 5.47. The fourth-order valence-electron chi connectivity index (χ4n) is 1.38. The molecule has 2 aromatic heterocycles. The highest BCUT2D eigenvalue weighted by Gasteiger charge is 2.06. The molecule has 2 heterocycles. The minimum absolute atomic E-state index is 0.248. The standard InChI is InChI=1S/C13H13N3O2/c1-9-3-4-11(8-16-9)18-10-5-6-15-12(7-10)13(17)14-2/h3-8H,1-2H3,(H,14,17). The number of carbonyl (C=O) groups excluding carboxylic acids is 1. The van der Waals surface area contributed by atoms with Crippen LogP contribution in [0.5, 0.6) is 11.5 Å². The van der Waals surface area contributed by atoms with Crippen LogP contribution in [0.15, 0.2) is 36.7 Å². The summed E-state index contributed by atoms with van der Waals surface area (Å²) < 4.78 is 5.59. The van der Waals surface area contributed by atoms with Crippen LogP contribution in [-0.4, -0.2) is 22.9 Å². The lowest BCUT2D eigenvalue weighted by atomic mass is 10.3. The monoisotopic (exact) mass is 243 g/mol. The van der Waals surface area contributed by atoms with Crippen LogP contribution in [0.25, 0.3) is 0 Å². The normalized spacial score (nSPS) is 9.89. The Morgan fingerprint density at radius 3 is 2.72 bits per heavy atom. The van der Waals surface area contributed by atoms with Gasteiger partial charge in [0, 0.05) is 25.0 Å². The van der Waals surface area contributed by atoms with Gasteiger partial charge in [-0.15, -0.1) is 0 Å². The van der Waals surface area contributed by atoms with Gasteiger partial charge in [0.1, 0.15) is 17.2 Å². The number of carbonyl (C=O) groups is 1. The van der Waals surface area contributed by atoms with Crippen molar-refractivity contribution in [1.29, 1.82) is 0 Å². The SMILES string of the molecule is CNC(=O)c1cc(Oc2ccc(C)nc2)ccn1. The third kappa shape index (κ3) is 2.82. The molecule has 0 aliphatic rings. The lowest BCUT2D eigenvalue weighted by Crippen LogP contribution is -2.18. The number of aromatic nitrogens is 2. The summed E-state index contributed by atoms with van der Waals surface area (Å²) in [6, 6.07) is 6.95. The van der Waals surface area contributed by atoms with Gasteiger partial charge in [0.05, 0.1) is 6.20 Å². The maximum absolute atomic E-state index is 11.4. The van der Waals surface area contributed by atoms with E-state index in [9.17, 15) is 4.79 Å². The zero-order valence-corrected chi connectivity index (χ0v) is 10.2. The summed E-state index contributed by atoms with van der Waals surface area (Å²) in [5.41, 5.74) is 1.23. The van der Waals surface area contributed by atoms with Gasteiger partial charge in [-0.3, -0.25) is 14.8 Å². The molecule has 0 radical (unpaired) electrons. The van der Waals surface area contributed by atoms with Gasteiger partial charge >= 0.3 is 0 Å². The molecule has 2 rings (SSSR count). The Morgan fingerprint density at radius 1 is 1.22 bits per heavy atom. The minimum atomic E-state index is -0.248. The molecule has 2 aromatic rings. The van der Waals surface area contributed by atoms with Crippen LogP contribution in [-0.2, 0) is 0 Å². The zero-order valence-electron chi connectivity index (χ0n) is 10.2. The molecule has 92 valence electrons. The van der Waals surface area contributed by atoms with Crippen molar-refractivity contribution in [3.63, 3.8) is 0 Å². The molecule has 0 aliphatic heterocycles. The summed E-state index contributed by atoms with van der Waals surface area (Å²) in [6.45, 7) is 1.90. The molecule has 0 saturated carbocycles. The van der Waals surface area contributed by atoms with E-state index in [1.54, 1.807) is 25.4 Å². The minimum Gasteiger partial charge on any atom is -0.456 e. The second-order valence-electron chi connectivity index (χ2n) is 3.69. The number of amides is 1. The maximum Gasteiger partial charge on any atom is 0.269 e. The molecule has 5 heteroatoms. The van der Waals surface area contributed by atoms with Crippen molar-refractivity contribution in [2.45, 2.75) is 6.92 Å². The number of nitrogens with one attached hydrogen (secondary N) is 1. The van der Waals surface area contributed by atoms with Crippen LogP contribution >= 0.6 is 0 Å². The Bertz CT molecular complexity index is 552. The van der Waals surface area contributed by atoms with Crippen LogP contribution < -0.4 is 10.1 Å². The summed E-state index contributed by atoms with van der Waals surface area (Å²) in [5, 5.41) is 2.51. The summed E-state index contributed by atoms with van der Waals surface area (Å²) in [6.07, 6.45) is 3.16. The Morgan fingerprint density at radius 2 is 2.06 bits per heavy atom. The second-order valence-corrected chi connectivity index (χ2v) is 3.69. The Balaban J connectivity index is 2.19. The third-order valence-electron chi connectivity index (χ3n) is 2.31. The van der Waals surface area contributed by atoms with Gasteiger partial charge in [0.2, 0.25) is 0 Å². The molecule has 0 spiro atoms. The van der Waals surface area contributed by atoms with Crippen molar-refractivity contribution in [2.75, 3.05) is 7.05 Å². The summed E-state index contributed by atoms with van der Waals surface area (Å²) in [4.78, 5) is 19.5. The first kappa shape index (κ1) is 12.0. The van der Waals surface area contributed by atoms with Crippen molar-refractivity contribution < 1.29 is 9.53 Å². The van der Waals surface area contributed by atoms with Crippen molar-refractivity contribution in [3.8, 4) is 11.5 Å². The van der Waals surface area contributed by atoms with E-state index in [0.29, 0.717) is 17.2 Å². The molecule has 1 N–H and O–H groups in total. The zero-order chi connectivity index (χ0) is 13.0. The predicted octanol–water partition coefficient (Wildman–Crippen LogP) is 1.94. The Kier molecular flexibility index (Phi) is 3.52. The van der Waals surface area contributed by atoms with Crippen LogP contribution in [0.1, 0.15) is 16.2 Å². The third-order valence-corrected chi connectivity index (χ3v) is 2.31. The van der Waals surface area contributed by atoms with Crippen LogP contribution in [0.3, 0.4) is 0 Å². The van der Waals surface area contributed by atoms with E-state index in [4.69, 9.17) is 4.74 Å². The lowest BCUT2D eigenvalue weighted by Gasteiger charge is -2.06. The molecular weight excluding hydrogens is 230 g/mol. The fraction of sp³-hybridized carbons (Fsp3) is 0.154. The Hall–Kier alpha value is -2.43. The molecule has 1 amide bonds. The summed E-state index contributed by atoms with van der Waals surface area (Å²) >= 11 is 0. The molecule has 0 aliphatic carbocycles. The highest BCUT2D eigenvalue weighted by atomic mass is 16.5. The van der Waals surface area contributed by atoms with Gasteiger partial charge in [0.15, 0.2) is 0 Å². The maximum atomic E-state index is 11.4. The van der Waals surface area contributed by atoms with Crippen molar-refractivity contribution >= 4 is 5.91 Å². The molecule has 0 fully saturated rings. The van der Waals surface area contributed by atoms with Crippen molar-refractivity contribution in [2.24, 2.45) is 0 Å². The van der Waals surface area contributed by atoms with Crippen molar-refractivity contribution in [3.05, 3.63) is 48.0 Å². The van der Waals surface area contributed by atoms with Crippen LogP contribution in [0.4, 0.5) is 0 Å². The molecular formula is C13H13N3O2. The van der Waals surface area contributed by atoms with Crippen LogP contribution in [0, 0.1) is 6.92 Å². The summed E-state index contributed by atoms with van der Waals surface area (Å²) in [5.74, 6) is 0.923. The quantitative estimate of drug-likeness (QED) is 0.894. The van der Waals surface area contributed by atoms with Gasteiger partial charge in [-0.1, -0.05) is 0 Å². The van der Waals surface area contributed by atoms with Gasteiger partial charge in [-0.05, 0) is 25.1 Å². The molecule has 0 atom stereocenters. The molecule has 0 bridgehead atoms. The van der Waals surface area contributed by atoms with Gasteiger partial charge in [0.25, 0.3) is 5.91 Å². The van der Waals surface area contributed by atoms with E-state index in [0.717, 1.165) is 5.69 Å². The smallest absolute Gasteiger partial charge is 0.269 e. The molecule has 18 heavy (non-hydrogen) atoms. The van der Waals surface area contributed by atoms with E-state index in [1.807, 2.05) is 19.1 Å². The van der Waals surface area contributed by atoms with E-state index >= 15 is 0 Å². The topological polar surface area (TPSA) is 64.1 Å². The molecule has 0 unspecified atom stereocenters. The second kappa shape index (κ2) is 5.27. The fourth-order valence-corrected chi connectivity index (χ4v) is 1.38. The largest absolute Gasteiger partial charge is 0.456 e. The number of rotatable bonds is 3. The number of ether oxygens (including phenoxy) is 1. The van der Waals surface area contributed by atoms with E-state index in [-0.39, 0.29) is 5.91 Å². The number of hydrogen-bond donors (Lipinski definition) is 1. The summed E-state index contributed by atoms with van der Waals surface area (Å²) in [7, 11) is 1.56. The molecule has 0 saturated heterocycles. The highest BCUT2D eigenvalue weighted by Crippen LogP contribution is 2.20. The first-order chi connectivity index (χ1) is 8.69. The number of pyridine rings is 2. The van der Waals surface area contributed by atoms with E-state index in [1.165, 1.54) is 6.20 Å². The average Bonchev–Trinajstić information content (AvgIpc) is 2.41. The molecule has 5 nitrogen and oxygen atoms in total. The number of aryl methyl sites for hydroxylation is 1. The van der Waals surface area contributed by atoms with Gasteiger partial charge in [-0.25, -0.2) is 0 Å². The van der Waals surface area contributed by atoms with E-state index < -0.39 is 0 Å². The number of hydrogen-bond acceptors (Lipinski definition) is 4. The highest BCUT2D eigenvalue weighted by molar-refractivity contribution is 5.92. The first-order valence-electron chi connectivity index (χ1n) is 5.47. The molecule has 0 aromatic carbocycles. The predicted molar refractivity (Wildman–Crippen MR) is 66.7 cm³/mol. The van der Waals surface area contributed by atoms with E-state index in [2.05, 4.69) is 15.3 Å². The van der Waals surface area contributed by atoms with Gasteiger partial charge in [-0.2, -0.15) is 0 Å². The van der Waals surface area contributed by atoms with Crippen LogP contribution in [0.2, 0.25) is 0 Å². The average molecular weight is 243 g/mol. The lowest BCUT2D eigenvalue weighted by molar-refractivity contribution is 0.0958. The van der Waals surface area contributed by atoms with Gasteiger partial charge < -0.3 is 10.1 Å². The number of nitrogens with zero attached hydrogens (tertiary/aromatic N) is 2. The van der Waals surface area contributed by atoms with Crippen molar-refractivity contribution in [1.82, 2.24) is 15.3 Å². The Labute approximate surface area is 105 Å².